The topological polar surface area (TPSA) is 66.8 Å². The van der Waals surface area contributed by atoms with E-state index in [1.165, 1.54) is 17.3 Å². The second kappa shape index (κ2) is 6.95. The number of thioether (sulfide) groups is 1. The van der Waals surface area contributed by atoms with Gasteiger partial charge in [-0.15, -0.1) is 11.8 Å². The first-order valence-corrected chi connectivity index (χ1v) is 7.80. The Morgan fingerprint density at radius 1 is 1.33 bits per heavy atom. The Labute approximate surface area is 128 Å². The number of carboxylic acid groups (broad SMARTS) is 1. The molecule has 2 rings (SSSR count). The van der Waals surface area contributed by atoms with E-state index in [9.17, 15) is 9.59 Å². The summed E-state index contributed by atoms with van der Waals surface area (Å²) in [7, 11) is 0. The smallest absolute Gasteiger partial charge is 0.334 e. The molecule has 1 saturated heterocycles. The van der Waals surface area contributed by atoms with Crippen molar-refractivity contribution >= 4 is 23.6 Å². The number of amides is 1. The highest BCUT2D eigenvalue weighted by Crippen LogP contribution is 2.20. The number of benzene rings is 1. The van der Waals surface area contributed by atoms with E-state index in [0.29, 0.717) is 12.3 Å². The number of carboxylic acids is 1. The summed E-state index contributed by atoms with van der Waals surface area (Å²) < 4.78 is 5.30. The summed E-state index contributed by atoms with van der Waals surface area (Å²) in [5.41, 5.74) is 1.18. The molecule has 0 saturated carbocycles. The van der Waals surface area contributed by atoms with Crippen LogP contribution in [0.1, 0.15) is 12.5 Å². The van der Waals surface area contributed by atoms with E-state index in [1.54, 1.807) is 11.8 Å². The third kappa shape index (κ3) is 4.47. The molecule has 6 heteroatoms. The molecular weight excluding hydrogens is 290 g/mol. The Morgan fingerprint density at radius 3 is 2.62 bits per heavy atom. The summed E-state index contributed by atoms with van der Waals surface area (Å²) in [6.07, 6.45) is -1.18. The molecule has 1 aromatic rings. The van der Waals surface area contributed by atoms with Crippen molar-refractivity contribution in [3.8, 4) is 0 Å². The summed E-state index contributed by atoms with van der Waals surface area (Å²) in [4.78, 5) is 25.8. The van der Waals surface area contributed by atoms with Gasteiger partial charge in [-0.05, 0) is 26.0 Å². The number of morpholine rings is 1. The van der Waals surface area contributed by atoms with Crippen molar-refractivity contribution in [2.24, 2.45) is 0 Å². The fourth-order valence-corrected chi connectivity index (χ4v) is 2.96. The van der Waals surface area contributed by atoms with Crippen molar-refractivity contribution in [2.45, 2.75) is 31.0 Å². The van der Waals surface area contributed by atoms with E-state index < -0.39 is 12.1 Å². The number of carbonyl (C=O) groups is 2. The molecule has 1 N–H and O–H groups in total. The lowest BCUT2D eigenvalue weighted by molar-refractivity contribution is -0.165. The number of carbonyl (C=O) groups excluding carboxylic acids is 1. The molecule has 1 unspecified atom stereocenters. The van der Waals surface area contributed by atoms with Crippen LogP contribution >= 0.6 is 11.8 Å². The zero-order valence-electron chi connectivity index (χ0n) is 12.1. The fourth-order valence-electron chi connectivity index (χ4n) is 2.16. The highest BCUT2D eigenvalue weighted by molar-refractivity contribution is 8.00. The highest BCUT2D eigenvalue weighted by Gasteiger charge is 2.32. The third-order valence-corrected chi connectivity index (χ3v) is 4.27. The number of ether oxygens (including phenoxy) is 1. The van der Waals surface area contributed by atoms with Gasteiger partial charge in [0, 0.05) is 11.4 Å². The van der Waals surface area contributed by atoms with Crippen LogP contribution in [0.15, 0.2) is 29.2 Å². The van der Waals surface area contributed by atoms with Gasteiger partial charge in [0.25, 0.3) is 0 Å². The Bertz CT molecular complexity index is 517. The molecule has 0 aliphatic carbocycles. The molecule has 1 fully saturated rings. The van der Waals surface area contributed by atoms with Crippen LogP contribution in [0.5, 0.6) is 0 Å². The van der Waals surface area contributed by atoms with Crippen molar-refractivity contribution in [1.82, 2.24) is 4.90 Å². The summed E-state index contributed by atoms with van der Waals surface area (Å²) in [6.45, 7) is 4.35. The van der Waals surface area contributed by atoms with Crippen LogP contribution in [0, 0.1) is 6.92 Å². The largest absolute Gasteiger partial charge is 0.479 e. The van der Waals surface area contributed by atoms with Gasteiger partial charge in [-0.3, -0.25) is 4.79 Å². The minimum Gasteiger partial charge on any atom is -0.479 e. The quantitative estimate of drug-likeness (QED) is 0.859. The van der Waals surface area contributed by atoms with Gasteiger partial charge in [-0.2, -0.15) is 0 Å². The van der Waals surface area contributed by atoms with Crippen LogP contribution in [0.2, 0.25) is 0 Å². The van der Waals surface area contributed by atoms with Crippen LogP contribution < -0.4 is 0 Å². The lowest BCUT2D eigenvalue weighted by Gasteiger charge is -2.34. The Balaban J connectivity index is 1.90. The van der Waals surface area contributed by atoms with Crippen LogP contribution in [0.3, 0.4) is 0 Å². The number of hydrogen-bond donors (Lipinski definition) is 1. The summed E-state index contributed by atoms with van der Waals surface area (Å²) in [5.74, 6) is -0.769. The van der Waals surface area contributed by atoms with Gasteiger partial charge in [0.1, 0.15) is 0 Å². The van der Waals surface area contributed by atoms with Gasteiger partial charge in [-0.25, -0.2) is 4.79 Å². The number of aliphatic carboxylic acids is 1. The summed E-state index contributed by atoms with van der Waals surface area (Å²) >= 11 is 1.46. The fraction of sp³-hybridized carbons (Fsp3) is 0.467. The van der Waals surface area contributed by atoms with Crippen LogP contribution in [-0.4, -0.2) is 52.9 Å². The molecule has 5 nitrogen and oxygen atoms in total. The molecule has 1 heterocycles. The number of hydrogen-bond acceptors (Lipinski definition) is 4. The lowest BCUT2D eigenvalue weighted by Crippen LogP contribution is -2.52. The molecule has 0 spiro atoms. The average Bonchev–Trinajstić information content (AvgIpc) is 2.45. The molecule has 21 heavy (non-hydrogen) atoms. The molecule has 2 atom stereocenters. The lowest BCUT2D eigenvalue weighted by atomic mass is 10.2. The molecule has 1 aromatic carbocycles. The molecule has 0 aromatic heterocycles. The van der Waals surface area contributed by atoms with E-state index >= 15 is 0 Å². The van der Waals surface area contributed by atoms with E-state index in [2.05, 4.69) is 0 Å². The molecule has 1 aliphatic heterocycles. The van der Waals surface area contributed by atoms with E-state index in [-0.39, 0.29) is 18.6 Å². The zero-order chi connectivity index (χ0) is 15.4. The predicted molar refractivity (Wildman–Crippen MR) is 80.5 cm³/mol. The van der Waals surface area contributed by atoms with E-state index in [1.807, 2.05) is 31.2 Å². The minimum atomic E-state index is -1.02. The average molecular weight is 309 g/mol. The van der Waals surface area contributed by atoms with Gasteiger partial charge in [0.15, 0.2) is 6.10 Å². The molecule has 1 aliphatic rings. The minimum absolute atomic E-state index is 0.0537. The van der Waals surface area contributed by atoms with Crippen molar-refractivity contribution in [1.29, 1.82) is 0 Å². The Kier molecular flexibility index (Phi) is 5.25. The van der Waals surface area contributed by atoms with Gasteiger partial charge < -0.3 is 14.7 Å². The molecule has 114 valence electrons. The number of aryl methyl sites for hydroxylation is 1. The van der Waals surface area contributed by atoms with Gasteiger partial charge in [0.2, 0.25) is 5.91 Å². The Morgan fingerprint density at radius 2 is 2.00 bits per heavy atom. The van der Waals surface area contributed by atoms with Crippen molar-refractivity contribution in [3.63, 3.8) is 0 Å². The van der Waals surface area contributed by atoms with Crippen molar-refractivity contribution in [2.75, 3.05) is 18.8 Å². The summed E-state index contributed by atoms with van der Waals surface area (Å²) in [6, 6.07) is 7.97. The first-order chi connectivity index (χ1) is 9.95. The van der Waals surface area contributed by atoms with Crippen LogP contribution in [0.4, 0.5) is 0 Å². The highest BCUT2D eigenvalue weighted by atomic mass is 32.2. The van der Waals surface area contributed by atoms with Crippen LogP contribution in [-0.2, 0) is 14.3 Å². The van der Waals surface area contributed by atoms with Crippen LogP contribution in [0.25, 0.3) is 0 Å². The molecule has 0 bridgehead atoms. The third-order valence-electron chi connectivity index (χ3n) is 3.27. The normalized spacial score (nSPS) is 22.1. The number of nitrogens with zero attached hydrogens (tertiary/aromatic N) is 1. The molecule has 1 amide bonds. The predicted octanol–water partition coefficient (Wildman–Crippen LogP) is 1.79. The monoisotopic (exact) mass is 309 g/mol. The maximum absolute atomic E-state index is 12.2. The second-order valence-corrected chi connectivity index (χ2v) is 6.22. The standard InChI is InChI=1S/C15H19NO4S/c1-10-3-5-12(6-4-10)21-9-14(17)16-7-11(2)20-13(8-16)15(18)19/h3-6,11,13H,7-9H2,1-2H3,(H,18,19)/t11-,13?/m1/s1. The number of rotatable bonds is 4. The maximum Gasteiger partial charge on any atom is 0.334 e. The van der Waals surface area contributed by atoms with Gasteiger partial charge in [-0.1, -0.05) is 17.7 Å². The SMILES string of the molecule is Cc1ccc(SCC(=O)N2CC(C(=O)O)O[C@H](C)C2)cc1. The van der Waals surface area contributed by atoms with Crippen molar-refractivity contribution < 1.29 is 19.4 Å². The molecule has 0 radical (unpaired) electrons. The first-order valence-electron chi connectivity index (χ1n) is 6.81. The van der Waals surface area contributed by atoms with Gasteiger partial charge in [0.05, 0.1) is 18.4 Å². The maximum atomic E-state index is 12.2. The zero-order valence-corrected chi connectivity index (χ0v) is 12.9. The van der Waals surface area contributed by atoms with Crippen molar-refractivity contribution in [3.05, 3.63) is 29.8 Å². The Hall–Kier alpha value is -1.53. The van der Waals surface area contributed by atoms with E-state index in [4.69, 9.17) is 9.84 Å². The van der Waals surface area contributed by atoms with E-state index in [0.717, 1.165) is 4.90 Å². The second-order valence-electron chi connectivity index (χ2n) is 5.17. The first kappa shape index (κ1) is 15.9. The van der Waals surface area contributed by atoms with Gasteiger partial charge >= 0.3 is 5.97 Å². The molecular formula is C15H19NO4S. The summed E-state index contributed by atoms with van der Waals surface area (Å²) in [5, 5.41) is 9.02.